The van der Waals surface area contributed by atoms with Crippen LogP contribution < -0.4 is 0 Å². The molecule has 6 heteroatoms. The zero-order valence-corrected chi connectivity index (χ0v) is 9.60. The van der Waals surface area contributed by atoms with Gasteiger partial charge in [0.15, 0.2) is 5.78 Å². The number of rotatable bonds is 0. The minimum Gasteiger partial charge on any atom is -0.358 e. The van der Waals surface area contributed by atoms with Crippen LogP contribution in [0.3, 0.4) is 0 Å². The van der Waals surface area contributed by atoms with E-state index in [1.54, 1.807) is 20.8 Å². The quantitative estimate of drug-likeness (QED) is 0.704. The summed E-state index contributed by atoms with van der Waals surface area (Å²) < 4.78 is 42.2. The number of Topliss-reactive ketones (excluding diaryl/α,β-unsaturated/α-hetero) is 1. The summed E-state index contributed by atoms with van der Waals surface area (Å²) in [7, 11) is 0. The van der Waals surface area contributed by atoms with E-state index in [1.165, 1.54) is 6.92 Å². The number of carbonyl (C=O) groups excluding carboxylic acids is 1. The van der Waals surface area contributed by atoms with E-state index in [9.17, 15) is 23.1 Å². The Morgan fingerprint density at radius 1 is 1.31 bits per heavy atom. The van der Waals surface area contributed by atoms with Crippen LogP contribution in [0.25, 0.3) is 0 Å². The Morgan fingerprint density at radius 2 is 1.75 bits per heavy atom. The summed E-state index contributed by atoms with van der Waals surface area (Å²) in [6, 6.07) is 0. The SMILES string of the molecule is CC(C)(C)[C@@]1(C)O[C@](O)(C(F)(F)F)CC1=O. The third kappa shape index (κ3) is 1.73. The standard InChI is InChI=1S/C10H15F3O3/c1-7(2,3)8(4)6(14)5-9(15,16-8)10(11,12)13/h15H,5H2,1-4H3/t8-,9-/m0/s1. The number of carbonyl (C=O) groups is 1. The molecule has 2 atom stereocenters. The molecule has 16 heavy (non-hydrogen) atoms. The van der Waals surface area contributed by atoms with Crippen molar-refractivity contribution in [3.8, 4) is 0 Å². The van der Waals surface area contributed by atoms with Gasteiger partial charge in [-0.3, -0.25) is 4.79 Å². The van der Waals surface area contributed by atoms with Crippen molar-refractivity contribution in [2.45, 2.75) is 51.7 Å². The molecule has 0 radical (unpaired) electrons. The molecule has 0 amide bonds. The van der Waals surface area contributed by atoms with Crippen LogP contribution in [-0.2, 0) is 9.53 Å². The Labute approximate surface area is 91.6 Å². The Balaban J connectivity index is 3.13. The highest BCUT2D eigenvalue weighted by Gasteiger charge is 2.68. The fraction of sp³-hybridized carbons (Fsp3) is 0.900. The van der Waals surface area contributed by atoms with Gasteiger partial charge in [0.05, 0.1) is 6.42 Å². The van der Waals surface area contributed by atoms with E-state index in [0.717, 1.165) is 0 Å². The van der Waals surface area contributed by atoms with Crippen LogP contribution in [0.2, 0.25) is 0 Å². The zero-order chi connectivity index (χ0) is 13.0. The minimum absolute atomic E-state index is 0.736. The topological polar surface area (TPSA) is 46.5 Å². The normalized spacial score (nSPS) is 36.9. The van der Waals surface area contributed by atoms with Crippen molar-refractivity contribution in [3.63, 3.8) is 0 Å². The summed E-state index contributed by atoms with van der Waals surface area (Å²) >= 11 is 0. The van der Waals surface area contributed by atoms with Crippen molar-refractivity contribution >= 4 is 5.78 Å². The highest BCUT2D eigenvalue weighted by molar-refractivity contribution is 5.90. The molecule has 1 aliphatic heterocycles. The molecular weight excluding hydrogens is 225 g/mol. The average Bonchev–Trinajstić information content (AvgIpc) is 2.21. The van der Waals surface area contributed by atoms with Crippen LogP contribution >= 0.6 is 0 Å². The molecule has 1 rings (SSSR count). The first kappa shape index (κ1) is 13.4. The zero-order valence-electron chi connectivity index (χ0n) is 9.60. The van der Waals surface area contributed by atoms with Crippen LogP contribution in [0, 0.1) is 5.41 Å². The maximum absolute atomic E-state index is 12.5. The van der Waals surface area contributed by atoms with Gasteiger partial charge < -0.3 is 9.84 Å². The lowest BCUT2D eigenvalue weighted by Gasteiger charge is -2.38. The van der Waals surface area contributed by atoms with Crippen LogP contribution in [0.1, 0.15) is 34.1 Å². The number of ketones is 1. The molecule has 0 aromatic rings. The third-order valence-electron chi connectivity index (χ3n) is 3.18. The Kier molecular flexibility index (Phi) is 2.69. The molecule has 0 spiro atoms. The van der Waals surface area contributed by atoms with E-state index in [-0.39, 0.29) is 0 Å². The molecule has 1 N–H and O–H groups in total. The average molecular weight is 240 g/mol. The summed E-state index contributed by atoms with van der Waals surface area (Å²) in [5.41, 5.74) is -2.45. The maximum Gasteiger partial charge on any atom is 0.443 e. The first-order valence-electron chi connectivity index (χ1n) is 4.86. The number of aliphatic hydroxyl groups is 1. The molecular formula is C10H15F3O3. The highest BCUT2D eigenvalue weighted by Crippen LogP contribution is 2.49. The van der Waals surface area contributed by atoms with E-state index in [0.29, 0.717) is 0 Å². The molecule has 1 saturated heterocycles. The first-order chi connectivity index (χ1) is 6.83. The van der Waals surface area contributed by atoms with Crippen molar-refractivity contribution < 1.29 is 27.8 Å². The Morgan fingerprint density at radius 3 is 1.94 bits per heavy atom. The van der Waals surface area contributed by atoms with E-state index >= 15 is 0 Å². The predicted octanol–water partition coefficient (Wildman–Crippen LogP) is 2.03. The van der Waals surface area contributed by atoms with E-state index in [4.69, 9.17) is 0 Å². The fourth-order valence-corrected chi connectivity index (χ4v) is 1.55. The first-order valence-corrected chi connectivity index (χ1v) is 4.86. The van der Waals surface area contributed by atoms with Gasteiger partial charge in [0, 0.05) is 0 Å². The summed E-state index contributed by atoms with van der Waals surface area (Å²) in [5, 5.41) is 9.33. The smallest absolute Gasteiger partial charge is 0.358 e. The molecule has 0 saturated carbocycles. The lowest BCUT2D eigenvalue weighted by molar-refractivity contribution is -0.374. The van der Waals surface area contributed by atoms with Gasteiger partial charge in [-0.25, -0.2) is 0 Å². The van der Waals surface area contributed by atoms with Gasteiger partial charge in [0.2, 0.25) is 0 Å². The number of alkyl halides is 3. The molecule has 0 bridgehead atoms. The van der Waals surface area contributed by atoms with Crippen LogP contribution in [0.4, 0.5) is 13.2 Å². The lowest BCUT2D eigenvalue weighted by Crippen LogP contribution is -2.50. The summed E-state index contributed by atoms with van der Waals surface area (Å²) in [6.45, 7) is 6.05. The van der Waals surface area contributed by atoms with Crippen LogP contribution in [0.15, 0.2) is 0 Å². The third-order valence-corrected chi connectivity index (χ3v) is 3.18. The second-order valence-electron chi connectivity index (χ2n) is 5.27. The van der Waals surface area contributed by atoms with Gasteiger partial charge in [0.1, 0.15) is 5.60 Å². The molecule has 1 aliphatic rings. The Hall–Kier alpha value is -0.620. The van der Waals surface area contributed by atoms with Crippen LogP contribution in [0.5, 0.6) is 0 Å². The van der Waals surface area contributed by atoms with Crippen molar-refractivity contribution in [2.75, 3.05) is 0 Å². The molecule has 94 valence electrons. The van der Waals surface area contributed by atoms with Gasteiger partial charge in [-0.05, 0) is 12.3 Å². The van der Waals surface area contributed by atoms with E-state index in [2.05, 4.69) is 4.74 Å². The minimum atomic E-state index is -4.97. The number of hydrogen-bond donors (Lipinski definition) is 1. The monoisotopic (exact) mass is 240 g/mol. The lowest BCUT2D eigenvalue weighted by atomic mass is 9.75. The van der Waals surface area contributed by atoms with Crippen molar-refractivity contribution in [1.82, 2.24) is 0 Å². The number of hydrogen-bond acceptors (Lipinski definition) is 3. The molecule has 0 aromatic carbocycles. The molecule has 0 aromatic heterocycles. The second-order valence-corrected chi connectivity index (χ2v) is 5.27. The fourth-order valence-electron chi connectivity index (χ4n) is 1.55. The largest absolute Gasteiger partial charge is 0.443 e. The van der Waals surface area contributed by atoms with Crippen LogP contribution in [-0.4, -0.2) is 28.5 Å². The van der Waals surface area contributed by atoms with Crippen molar-refractivity contribution in [2.24, 2.45) is 5.41 Å². The predicted molar refractivity (Wildman–Crippen MR) is 49.6 cm³/mol. The summed E-state index contributed by atoms with van der Waals surface area (Å²) in [5.74, 6) is -4.09. The van der Waals surface area contributed by atoms with Crippen molar-refractivity contribution in [3.05, 3.63) is 0 Å². The Bertz CT molecular complexity index is 318. The molecule has 0 aliphatic carbocycles. The van der Waals surface area contributed by atoms with Gasteiger partial charge >= 0.3 is 6.18 Å². The number of halogens is 3. The van der Waals surface area contributed by atoms with Gasteiger partial charge in [-0.2, -0.15) is 13.2 Å². The van der Waals surface area contributed by atoms with E-state index < -0.39 is 35.2 Å². The maximum atomic E-state index is 12.5. The number of ether oxygens (including phenoxy) is 1. The molecule has 1 heterocycles. The molecule has 0 unspecified atom stereocenters. The molecule has 3 nitrogen and oxygen atoms in total. The van der Waals surface area contributed by atoms with Gasteiger partial charge in [-0.1, -0.05) is 20.8 Å². The molecule has 1 fully saturated rings. The summed E-state index contributed by atoms with van der Waals surface area (Å²) in [4.78, 5) is 11.6. The second kappa shape index (κ2) is 3.20. The van der Waals surface area contributed by atoms with E-state index in [1.807, 2.05) is 0 Å². The van der Waals surface area contributed by atoms with Crippen molar-refractivity contribution in [1.29, 1.82) is 0 Å². The highest BCUT2D eigenvalue weighted by atomic mass is 19.4. The van der Waals surface area contributed by atoms with Gasteiger partial charge in [-0.15, -0.1) is 0 Å². The van der Waals surface area contributed by atoms with Gasteiger partial charge in [0.25, 0.3) is 5.79 Å². The summed E-state index contributed by atoms with van der Waals surface area (Å²) in [6.07, 6.45) is -6.02.